The van der Waals surface area contributed by atoms with Crippen molar-refractivity contribution in [2.45, 2.75) is 46.3 Å². The van der Waals surface area contributed by atoms with Gasteiger partial charge in [-0.1, -0.05) is 18.2 Å². The van der Waals surface area contributed by atoms with Crippen LogP contribution in [-0.4, -0.2) is 54.8 Å². The van der Waals surface area contributed by atoms with Crippen LogP contribution in [0.25, 0.3) is 5.69 Å². The van der Waals surface area contributed by atoms with E-state index in [-0.39, 0.29) is 6.10 Å². The van der Waals surface area contributed by atoms with Crippen LogP contribution in [-0.2, 0) is 16.0 Å². The fourth-order valence-electron chi connectivity index (χ4n) is 3.46. The maximum absolute atomic E-state index is 5.72. The van der Waals surface area contributed by atoms with E-state index in [0.29, 0.717) is 26.3 Å². The van der Waals surface area contributed by atoms with Gasteiger partial charge >= 0.3 is 0 Å². The summed E-state index contributed by atoms with van der Waals surface area (Å²) in [7, 11) is 0. The molecule has 3 rings (SSSR count). The van der Waals surface area contributed by atoms with Gasteiger partial charge in [0.05, 0.1) is 37.2 Å². The lowest BCUT2D eigenvalue weighted by Crippen LogP contribution is -2.39. The van der Waals surface area contributed by atoms with Gasteiger partial charge < -0.3 is 20.1 Å². The second kappa shape index (κ2) is 11.0. The number of ether oxygens (including phenoxy) is 2. The highest BCUT2D eigenvalue weighted by molar-refractivity contribution is 5.79. The van der Waals surface area contributed by atoms with Crippen LogP contribution in [0, 0.1) is 13.8 Å². The van der Waals surface area contributed by atoms with Crippen LogP contribution in [0.1, 0.15) is 36.7 Å². The highest BCUT2D eigenvalue weighted by Crippen LogP contribution is 2.17. The summed E-state index contributed by atoms with van der Waals surface area (Å²) in [5.41, 5.74) is 4.33. The number of rotatable bonds is 9. The minimum absolute atomic E-state index is 0.266. The Hall–Kier alpha value is -2.38. The molecule has 1 aromatic heterocycles. The normalized spacial score (nSPS) is 16.9. The van der Waals surface area contributed by atoms with Gasteiger partial charge in [-0.15, -0.1) is 0 Å². The zero-order valence-electron chi connectivity index (χ0n) is 17.8. The van der Waals surface area contributed by atoms with Gasteiger partial charge in [0.2, 0.25) is 0 Å². The molecule has 1 atom stereocenters. The van der Waals surface area contributed by atoms with Crippen molar-refractivity contribution in [2.75, 3.05) is 32.9 Å². The van der Waals surface area contributed by atoms with Gasteiger partial charge in [-0.2, -0.15) is 5.10 Å². The summed E-state index contributed by atoms with van der Waals surface area (Å²) in [5, 5.41) is 11.3. The number of aryl methyl sites for hydroxylation is 2. The van der Waals surface area contributed by atoms with Gasteiger partial charge in [0, 0.05) is 25.4 Å². The van der Waals surface area contributed by atoms with Gasteiger partial charge in [-0.25, -0.2) is 9.67 Å². The van der Waals surface area contributed by atoms with Crippen LogP contribution in [0.5, 0.6) is 0 Å². The Morgan fingerprint density at radius 3 is 2.90 bits per heavy atom. The molecule has 2 heterocycles. The molecule has 29 heavy (non-hydrogen) atoms. The molecule has 0 aliphatic carbocycles. The van der Waals surface area contributed by atoms with Gasteiger partial charge in [0.25, 0.3) is 0 Å². The Morgan fingerprint density at radius 1 is 1.31 bits per heavy atom. The van der Waals surface area contributed by atoms with Gasteiger partial charge in [0.1, 0.15) is 0 Å². The number of nitrogens with one attached hydrogen (secondary N) is 2. The van der Waals surface area contributed by atoms with Crippen LogP contribution in [0.3, 0.4) is 0 Å². The fourth-order valence-corrected chi connectivity index (χ4v) is 3.46. The first kappa shape index (κ1) is 21.3. The predicted octanol–water partition coefficient (Wildman–Crippen LogP) is 2.74. The van der Waals surface area contributed by atoms with Crippen molar-refractivity contribution in [3.05, 3.63) is 47.3 Å². The fraction of sp³-hybridized carbons (Fsp3) is 0.545. The van der Waals surface area contributed by atoms with Crippen molar-refractivity contribution < 1.29 is 9.47 Å². The highest BCUT2D eigenvalue weighted by Gasteiger charge is 2.15. The van der Waals surface area contributed by atoms with Crippen LogP contribution >= 0.6 is 0 Å². The van der Waals surface area contributed by atoms with E-state index in [1.165, 1.54) is 0 Å². The van der Waals surface area contributed by atoms with Crippen molar-refractivity contribution in [2.24, 2.45) is 4.99 Å². The first-order valence-corrected chi connectivity index (χ1v) is 10.5. The molecule has 0 spiro atoms. The predicted molar refractivity (Wildman–Crippen MR) is 116 cm³/mol. The summed E-state index contributed by atoms with van der Waals surface area (Å²) in [4.78, 5) is 4.75. The molecule has 2 N–H and O–H groups in total. The number of guanidine groups is 1. The lowest BCUT2D eigenvalue weighted by Gasteiger charge is -2.14. The summed E-state index contributed by atoms with van der Waals surface area (Å²) in [5.74, 6) is 0.788. The third-order valence-corrected chi connectivity index (χ3v) is 4.85. The maximum atomic E-state index is 5.72. The molecule has 158 valence electrons. The number of aliphatic imine (C=N–C) groups is 1. The van der Waals surface area contributed by atoms with Gasteiger partial charge in [0.15, 0.2) is 5.96 Å². The molecular formula is C22H33N5O2. The zero-order valence-corrected chi connectivity index (χ0v) is 17.8. The lowest BCUT2D eigenvalue weighted by molar-refractivity contribution is 0.0191. The quantitative estimate of drug-likeness (QED) is 0.385. The molecule has 7 nitrogen and oxygen atoms in total. The average Bonchev–Trinajstić information content (AvgIpc) is 3.35. The number of hydrogen-bond donors (Lipinski definition) is 2. The number of nitrogens with zero attached hydrogens (tertiary/aromatic N) is 3. The summed E-state index contributed by atoms with van der Waals surface area (Å²) < 4.78 is 13.3. The van der Waals surface area contributed by atoms with E-state index in [9.17, 15) is 0 Å². The summed E-state index contributed by atoms with van der Waals surface area (Å²) in [6, 6.07) is 10.3. The molecule has 1 aliphatic heterocycles. The number of hydrogen-bond acceptors (Lipinski definition) is 4. The highest BCUT2D eigenvalue weighted by atomic mass is 16.5. The Bertz CT molecular complexity index is 796. The van der Waals surface area contributed by atoms with E-state index < -0.39 is 0 Å². The van der Waals surface area contributed by atoms with Crippen molar-refractivity contribution >= 4 is 5.96 Å². The zero-order chi connectivity index (χ0) is 20.5. The van der Waals surface area contributed by atoms with Gasteiger partial charge in [-0.05, 0) is 51.3 Å². The molecule has 2 aromatic rings. The average molecular weight is 400 g/mol. The molecule has 0 bridgehead atoms. The summed E-state index contributed by atoms with van der Waals surface area (Å²) in [6.07, 6.45) is 2.51. The topological polar surface area (TPSA) is 72.7 Å². The van der Waals surface area contributed by atoms with E-state index in [0.717, 1.165) is 54.6 Å². The molecule has 7 heteroatoms. The molecule has 0 amide bonds. The maximum Gasteiger partial charge on any atom is 0.191 e. The Labute approximate surface area is 173 Å². The van der Waals surface area contributed by atoms with Crippen LogP contribution < -0.4 is 10.6 Å². The molecule has 1 fully saturated rings. The first-order chi connectivity index (χ1) is 14.2. The van der Waals surface area contributed by atoms with Crippen LogP contribution in [0.4, 0.5) is 0 Å². The smallest absolute Gasteiger partial charge is 0.191 e. The van der Waals surface area contributed by atoms with Crippen molar-refractivity contribution in [3.8, 4) is 5.69 Å². The number of para-hydroxylation sites is 1. The van der Waals surface area contributed by atoms with E-state index in [2.05, 4.69) is 47.8 Å². The first-order valence-electron chi connectivity index (χ1n) is 10.5. The lowest BCUT2D eigenvalue weighted by atomic mass is 10.2. The Balaban J connectivity index is 1.56. The minimum atomic E-state index is 0.266. The van der Waals surface area contributed by atoms with E-state index >= 15 is 0 Å². The Morgan fingerprint density at radius 2 is 2.17 bits per heavy atom. The van der Waals surface area contributed by atoms with Crippen molar-refractivity contribution in [1.29, 1.82) is 0 Å². The number of benzene rings is 1. The monoisotopic (exact) mass is 399 g/mol. The van der Waals surface area contributed by atoms with E-state index in [1.54, 1.807) is 0 Å². The second-order valence-electron chi connectivity index (χ2n) is 7.30. The second-order valence-corrected chi connectivity index (χ2v) is 7.30. The van der Waals surface area contributed by atoms with E-state index in [4.69, 9.17) is 14.5 Å². The van der Waals surface area contributed by atoms with E-state index in [1.807, 2.05) is 23.7 Å². The molecule has 0 saturated carbocycles. The molecule has 1 unspecified atom stereocenters. The number of aromatic nitrogens is 2. The third-order valence-electron chi connectivity index (χ3n) is 4.85. The molecule has 1 aliphatic rings. The molecule has 1 saturated heterocycles. The van der Waals surface area contributed by atoms with Crippen molar-refractivity contribution in [3.63, 3.8) is 0 Å². The van der Waals surface area contributed by atoms with Gasteiger partial charge in [-0.3, -0.25) is 0 Å². The van der Waals surface area contributed by atoms with Crippen molar-refractivity contribution in [1.82, 2.24) is 20.4 Å². The van der Waals surface area contributed by atoms with Crippen LogP contribution in [0.15, 0.2) is 35.3 Å². The minimum Gasteiger partial charge on any atom is -0.377 e. The molecule has 1 aromatic carbocycles. The van der Waals surface area contributed by atoms with Crippen LogP contribution in [0.2, 0.25) is 0 Å². The Kier molecular flexibility index (Phi) is 8.07. The third kappa shape index (κ3) is 6.30. The molecular weight excluding hydrogens is 366 g/mol. The summed E-state index contributed by atoms with van der Waals surface area (Å²) in [6.45, 7) is 10.4. The standard InChI is InChI=1S/C22H33N5O2/c1-4-23-22(24-11-13-28-16-20-9-7-12-29-20)25-15-19-8-5-6-10-21(19)27-18(3)14-17(2)26-27/h5-6,8,10,14,20H,4,7,9,11-13,15-16H2,1-3H3,(H2,23,24,25). The SMILES string of the molecule is CCNC(=NCc1ccccc1-n1nc(C)cc1C)NCCOCC1CCCO1. The largest absolute Gasteiger partial charge is 0.377 e. The molecule has 0 radical (unpaired) electrons. The summed E-state index contributed by atoms with van der Waals surface area (Å²) >= 11 is 0.